The molecule has 0 bridgehead atoms. The van der Waals surface area contributed by atoms with Gasteiger partial charge in [0.25, 0.3) is 0 Å². The molecule has 1 aliphatic rings. The molecule has 21 heavy (non-hydrogen) atoms. The van der Waals surface area contributed by atoms with Crippen LogP contribution in [0.1, 0.15) is 30.4 Å². The number of nitrogens with two attached hydrogens (primary N) is 1. The summed E-state index contributed by atoms with van der Waals surface area (Å²) in [5, 5.41) is 2.88. The Labute approximate surface area is 125 Å². The SMILES string of the molecule is Cc1ccc(NC(=O)CN2CCCC[C@@H]2C(N)=O)cc1C. The van der Waals surface area contributed by atoms with Crippen LogP contribution in [-0.4, -0.2) is 35.8 Å². The van der Waals surface area contributed by atoms with Crippen molar-refractivity contribution in [3.8, 4) is 0 Å². The van der Waals surface area contributed by atoms with Crippen molar-refractivity contribution in [1.29, 1.82) is 0 Å². The predicted octanol–water partition coefficient (Wildman–Crippen LogP) is 1.58. The zero-order valence-electron chi connectivity index (χ0n) is 12.7. The highest BCUT2D eigenvalue weighted by atomic mass is 16.2. The minimum absolute atomic E-state index is 0.105. The maximum atomic E-state index is 12.1. The molecule has 1 saturated heterocycles. The lowest BCUT2D eigenvalue weighted by Crippen LogP contribution is -2.50. The van der Waals surface area contributed by atoms with Gasteiger partial charge in [-0.25, -0.2) is 0 Å². The van der Waals surface area contributed by atoms with Gasteiger partial charge in [0.05, 0.1) is 12.6 Å². The van der Waals surface area contributed by atoms with Crippen molar-refractivity contribution in [2.75, 3.05) is 18.4 Å². The van der Waals surface area contributed by atoms with E-state index in [1.807, 2.05) is 36.9 Å². The number of carbonyl (C=O) groups excluding carboxylic acids is 2. The van der Waals surface area contributed by atoms with Gasteiger partial charge in [-0.2, -0.15) is 0 Å². The van der Waals surface area contributed by atoms with Gasteiger partial charge in [0.1, 0.15) is 0 Å². The van der Waals surface area contributed by atoms with E-state index in [1.54, 1.807) is 0 Å². The van der Waals surface area contributed by atoms with E-state index in [9.17, 15) is 9.59 Å². The Kier molecular flexibility index (Phi) is 4.96. The Morgan fingerprint density at radius 3 is 2.71 bits per heavy atom. The van der Waals surface area contributed by atoms with Gasteiger partial charge in [-0.3, -0.25) is 14.5 Å². The second kappa shape index (κ2) is 6.72. The van der Waals surface area contributed by atoms with E-state index in [0.29, 0.717) is 0 Å². The fraction of sp³-hybridized carbons (Fsp3) is 0.500. The Hall–Kier alpha value is -1.88. The number of aryl methyl sites for hydroxylation is 2. The van der Waals surface area contributed by atoms with Gasteiger partial charge < -0.3 is 11.1 Å². The van der Waals surface area contributed by atoms with E-state index >= 15 is 0 Å². The highest BCUT2D eigenvalue weighted by molar-refractivity contribution is 5.93. The predicted molar refractivity (Wildman–Crippen MR) is 83.0 cm³/mol. The quantitative estimate of drug-likeness (QED) is 0.883. The summed E-state index contributed by atoms with van der Waals surface area (Å²) < 4.78 is 0. The van der Waals surface area contributed by atoms with Crippen molar-refractivity contribution in [2.24, 2.45) is 5.73 Å². The number of piperidine rings is 1. The lowest BCUT2D eigenvalue weighted by atomic mass is 10.0. The van der Waals surface area contributed by atoms with Crippen LogP contribution in [0.3, 0.4) is 0 Å². The van der Waals surface area contributed by atoms with Gasteiger partial charge in [-0.05, 0) is 56.5 Å². The third-order valence-electron chi connectivity index (χ3n) is 4.08. The number of benzene rings is 1. The molecule has 2 amide bonds. The average Bonchev–Trinajstić information content (AvgIpc) is 2.43. The highest BCUT2D eigenvalue weighted by Crippen LogP contribution is 2.17. The largest absolute Gasteiger partial charge is 0.368 e. The third-order valence-corrected chi connectivity index (χ3v) is 4.08. The number of primary amides is 1. The van der Waals surface area contributed by atoms with Crippen LogP contribution in [0.25, 0.3) is 0 Å². The molecule has 0 aromatic heterocycles. The van der Waals surface area contributed by atoms with E-state index in [4.69, 9.17) is 5.73 Å². The van der Waals surface area contributed by atoms with Gasteiger partial charge in [-0.15, -0.1) is 0 Å². The lowest BCUT2D eigenvalue weighted by molar-refractivity contribution is -0.126. The van der Waals surface area contributed by atoms with Crippen LogP contribution >= 0.6 is 0 Å². The normalized spacial score (nSPS) is 19.2. The first-order valence-electron chi connectivity index (χ1n) is 7.38. The van der Waals surface area contributed by atoms with Crippen molar-refractivity contribution in [2.45, 2.75) is 39.2 Å². The summed E-state index contributed by atoms with van der Waals surface area (Å²) in [5.74, 6) is -0.444. The Morgan fingerprint density at radius 2 is 2.05 bits per heavy atom. The van der Waals surface area contributed by atoms with Gasteiger partial charge in [0, 0.05) is 5.69 Å². The summed E-state index contributed by atoms with van der Waals surface area (Å²) in [4.78, 5) is 25.5. The number of likely N-dealkylation sites (tertiary alicyclic amines) is 1. The Morgan fingerprint density at radius 1 is 1.29 bits per heavy atom. The fourth-order valence-electron chi connectivity index (χ4n) is 2.71. The van der Waals surface area contributed by atoms with Crippen LogP contribution < -0.4 is 11.1 Å². The van der Waals surface area contributed by atoms with Crippen LogP contribution in [0.15, 0.2) is 18.2 Å². The van der Waals surface area contributed by atoms with E-state index in [0.717, 1.165) is 37.1 Å². The van der Waals surface area contributed by atoms with Crippen molar-refractivity contribution in [3.63, 3.8) is 0 Å². The Balaban J connectivity index is 1.97. The number of carbonyl (C=O) groups is 2. The molecule has 0 spiro atoms. The van der Waals surface area contributed by atoms with Crippen LogP contribution in [0, 0.1) is 13.8 Å². The van der Waals surface area contributed by atoms with Crippen molar-refractivity contribution in [3.05, 3.63) is 29.3 Å². The number of amides is 2. The molecule has 1 fully saturated rings. The Bertz CT molecular complexity index is 542. The van der Waals surface area contributed by atoms with Gasteiger partial charge >= 0.3 is 0 Å². The summed E-state index contributed by atoms with van der Waals surface area (Å²) in [6, 6.07) is 5.51. The molecule has 1 aliphatic heterocycles. The van der Waals surface area contributed by atoms with Gasteiger partial charge in [0.15, 0.2) is 0 Å². The first kappa shape index (κ1) is 15.5. The van der Waals surface area contributed by atoms with Gasteiger partial charge in [0.2, 0.25) is 11.8 Å². The molecule has 1 atom stereocenters. The molecule has 0 aliphatic carbocycles. The lowest BCUT2D eigenvalue weighted by Gasteiger charge is -2.32. The van der Waals surface area contributed by atoms with E-state index in [-0.39, 0.29) is 24.4 Å². The number of anilines is 1. The van der Waals surface area contributed by atoms with E-state index in [2.05, 4.69) is 5.32 Å². The standard InChI is InChI=1S/C16H23N3O2/c1-11-6-7-13(9-12(11)2)18-15(20)10-19-8-4-3-5-14(19)16(17)21/h6-7,9,14H,3-5,8,10H2,1-2H3,(H2,17,21)(H,18,20)/t14-/m1/s1. The average molecular weight is 289 g/mol. The number of nitrogens with zero attached hydrogens (tertiary/aromatic N) is 1. The molecular formula is C16H23N3O2. The summed E-state index contributed by atoms with van der Waals surface area (Å²) >= 11 is 0. The fourth-order valence-corrected chi connectivity index (χ4v) is 2.71. The molecular weight excluding hydrogens is 266 g/mol. The van der Waals surface area contributed by atoms with Crippen molar-refractivity contribution in [1.82, 2.24) is 4.90 Å². The molecule has 1 aromatic rings. The van der Waals surface area contributed by atoms with Crippen LogP contribution in [0.2, 0.25) is 0 Å². The molecule has 0 unspecified atom stereocenters. The zero-order valence-corrected chi connectivity index (χ0v) is 12.7. The minimum Gasteiger partial charge on any atom is -0.368 e. The van der Waals surface area contributed by atoms with Crippen LogP contribution in [0.4, 0.5) is 5.69 Å². The summed E-state index contributed by atoms with van der Waals surface area (Å²) in [6.07, 6.45) is 2.73. The molecule has 1 aromatic carbocycles. The molecule has 1 heterocycles. The van der Waals surface area contributed by atoms with Crippen molar-refractivity contribution < 1.29 is 9.59 Å². The smallest absolute Gasteiger partial charge is 0.238 e. The highest BCUT2D eigenvalue weighted by Gasteiger charge is 2.28. The second-order valence-electron chi connectivity index (χ2n) is 5.73. The summed E-state index contributed by atoms with van der Waals surface area (Å²) in [6.45, 7) is 5.00. The van der Waals surface area contributed by atoms with Crippen LogP contribution in [0.5, 0.6) is 0 Å². The first-order valence-corrected chi connectivity index (χ1v) is 7.38. The van der Waals surface area contributed by atoms with Gasteiger partial charge in [-0.1, -0.05) is 12.5 Å². The molecule has 114 valence electrons. The van der Waals surface area contributed by atoms with E-state index in [1.165, 1.54) is 5.56 Å². The number of hydrogen-bond acceptors (Lipinski definition) is 3. The van der Waals surface area contributed by atoms with E-state index < -0.39 is 0 Å². The number of rotatable bonds is 4. The second-order valence-corrected chi connectivity index (χ2v) is 5.73. The topological polar surface area (TPSA) is 75.4 Å². The van der Waals surface area contributed by atoms with Crippen molar-refractivity contribution >= 4 is 17.5 Å². The minimum atomic E-state index is -0.339. The zero-order chi connectivity index (χ0) is 15.4. The molecule has 0 saturated carbocycles. The first-order chi connectivity index (χ1) is 9.97. The molecule has 3 N–H and O–H groups in total. The molecule has 0 radical (unpaired) electrons. The summed E-state index contributed by atoms with van der Waals surface area (Å²) in [5.41, 5.74) is 8.53. The molecule has 5 heteroatoms. The maximum Gasteiger partial charge on any atom is 0.238 e. The third kappa shape index (κ3) is 4.04. The monoisotopic (exact) mass is 289 g/mol. The number of hydrogen-bond donors (Lipinski definition) is 2. The molecule has 5 nitrogen and oxygen atoms in total. The maximum absolute atomic E-state index is 12.1. The van der Waals surface area contributed by atoms with Crippen LogP contribution in [-0.2, 0) is 9.59 Å². The number of nitrogens with one attached hydrogen (secondary N) is 1. The summed E-state index contributed by atoms with van der Waals surface area (Å²) in [7, 11) is 0. The molecule has 2 rings (SSSR count).